The molecule has 3 N–H and O–H groups in total. The number of phosphoric acid groups is 1. The van der Waals surface area contributed by atoms with Gasteiger partial charge in [0, 0.05) is 0 Å². The van der Waals surface area contributed by atoms with E-state index >= 15 is 0 Å². The predicted octanol–water partition coefficient (Wildman–Crippen LogP) is -3.60. The van der Waals surface area contributed by atoms with Crippen molar-refractivity contribution < 1.29 is 39.0 Å². The second-order valence-electron chi connectivity index (χ2n) is 3.05. The van der Waals surface area contributed by atoms with Crippen molar-refractivity contribution in [2.24, 2.45) is 0 Å². The summed E-state index contributed by atoms with van der Waals surface area (Å²) < 4.78 is 13.6. The zero-order valence-corrected chi connectivity index (χ0v) is 9.32. The molecule has 0 bridgehead atoms. The third kappa shape index (κ3) is 6.45. The molecule has 0 saturated carbocycles. The molecule has 0 fully saturated rings. The maximum absolute atomic E-state index is 11.0. The second kappa shape index (κ2) is 6.78. The lowest BCUT2D eigenvalue weighted by molar-refractivity contribution is -0.341. The number of Topliss-reactive ketones (excluding diaryl/α,β-unsaturated/α-hetero) is 1. The molecular formula is C7H10NO8P-2. The number of aliphatic hydroxyl groups is 3. The van der Waals surface area contributed by atoms with Crippen LogP contribution in [0.25, 0.3) is 0 Å². The fraction of sp³-hybridized carbons (Fsp3) is 0.714. The van der Waals surface area contributed by atoms with E-state index in [0.29, 0.717) is 0 Å². The molecule has 98 valence electrons. The van der Waals surface area contributed by atoms with Crippen LogP contribution in [-0.2, 0) is 13.9 Å². The van der Waals surface area contributed by atoms with Crippen LogP contribution in [0.1, 0.15) is 6.42 Å². The quantitative estimate of drug-likeness (QED) is 0.393. The van der Waals surface area contributed by atoms with Crippen molar-refractivity contribution in [2.45, 2.75) is 24.7 Å². The Morgan fingerprint density at radius 1 is 1.41 bits per heavy atom. The first-order chi connectivity index (χ1) is 7.69. The molecule has 0 aromatic heterocycles. The average Bonchev–Trinajstić information content (AvgIpc) is 2.23. The summed E-state index contributed by atoms with van der Waals surface area (Å²) in [6.07, 6.45) is -6.33. The van der Waals surface area contributed by atoms with Gasteiger partial charge in [0.2, 0.25) is 0 Å². The molecule has 10 heteroatoms. The largest absolute Gasteiger partial charge is 0.790 e. The van der Waals surface area contributed by atoms with Crippen molar-refractivity contribution in [3.05, 3.63) is 0 Å². The Morgan fingerprint density at radius 3 is 2.35 bits per heavy atom. The van der Waals surface area contributed by atoms with E-state index in [9.17, 15) is 19.1 Å². The first-order valence-electron chi connectivity index (χ1n) is 4.29. The van der Waals surface area contributed by atoms with Crippen LogP contribution in [0.5, 0.6) is 0 Å². The van der Waals surface area contributed by atoms with Crippen molar-refractivity contribution >= 4 is 13.6 Å². The highest BCUT2D eigenvalue weighted by Gasteiger charge is 2.30. The molecule has 0 spiro atoms. The number of ketones is 1. The van der Waals surface area contributed by atoms with Gasteiger partial charge in [0.1, 0.15) is 18.8 Å². The van der Waals surface area contributed by atoms with Crippen LogP contribution < -0.4 is 9.79 Å². The zero-order chi connectivity index (χ0) is 13.6. The van der Waals surface area contributed by atoms with Gasteiger partial charge >= 0.3 is 0 Å². The minimum absolute atomic E-state index is 0.534. The molecular weight excluding hydrogens is 257 g/mol. The van der Waals surface area contributed by atoms with Gasteiger partial charge in [-0.3, -0.25) is 4.79 Å². The van der Waals surface area contributed by atoms with Gasteiger partial charge in [-0.25, -0.2) is 0 Å². The molecule has 0 radical (unpaired) electrons. The molecule has 0 aliphatic carbocycles. The lowest BCUT2D eigenvalue weighted by atomic mass is 10.0. The average molecular weight is 267 g/mol. The van der Waals surface area contributed by atoms with Gasteiger partial charge in [0.25, 0.3) is 0 Å². The van der Waals surface area contributed by atoms with Gasteiger partial charge in [0.15, 0.2) is 5.78 Å². The van der Waals surface area contributed by atoms with E-state index in [0.717, 1.165) is 0 Å². The Morgan fingerprint density at radius 2 is 1.94 bits per heavy atom. The molecule has 17 heavy (non-hydrogen) atoms. The number of carbonyl (C=O) groups excluding carboxylic acids is 1. The molecule has 0 amide bonds. The van der Waals surface area contributed by atoms with Gasteiger partial charge in [-0.2, -0.15) is 5.26 Å². The normalized spacial score (nSPS) is 16.9. The van der Waals surface area contributed by atoms with Gasteiger partial charge in [-0.15, -0.1) is 0 Å². The van der Waals surface area contributed by atoms with Crippen molar-refractivity contribution in [1.29, 1.82) is 5.26 Å². The fourth-order valence-electron chi connectivity index (χ4n) is 0.843. The van der Waals surface area contributed by atoms with Crippen molar-refractivity contribution in [3.8, 4) is 6.07 Å². The lowest BCUT2D eigenvalue weighted by Gasteiger charge is -2.29. The lowest BCUT2D eigenvalue weighted by Crippen LogP contribution is -2.43. The third-order valence-electron chi connectivity index (χ3n) is 1.71. The molecule has 0 aromatic rings. The number of aliphatic hydroxyl groups excluding tert-OH is 3. The molecule has 0 rings (SSSR count). The highest BCUT2D eigenvalue weighted by Crippen LogP contribution is 2.24. The zero-order valence-electron chi connectivity index (χ0n) is 8.42. The summed E-state index contributed by atoms with van der Waals surface area (Å²) in [6.45, 7) is -1.25. The number of hydrogen-bond acceptors (Lipinski definition) is 9. The van der Waals surface area contributed by atoms with E-state index in [-0.39, 0.29) is 0 Å². The number of phosphoric ester groups is 1. The topological polar surface area (TPSA) is 174 Å². The molecule has 0 aromatic carbocycles. The molecule has 0 saturated heterocycles. The minimum Gasteiger partial charge on any atom is -0.790 e. The molecule has 0 heterocycles. The molecule has 0 aliphatic rings. The number of rotatable bonds is 7. The maximum Gasteiger partial charge on any atom is 0.189 e. The van der Waals surface area contributed by atoms with Crippen molar-refractivity contribution in [2.75, 3.05) is 6.61 Å². The van der Waals surface area contributed by atoms with Gasteiger partial charge in [-0.05, 0) is 0 Å². The standard InChI is InChI=1S/C7H12NO8P/c8-2-1-4(9)6(11)7(12)5(10)3-16-17(13,14)15/h4,6-7,9,11-12H,1,3H2,(H2,13,14,15)/p-2/t4-,6?,7?/m1/s1. The summed E-state index contributed by atoms with van der Waals surface area (Å²) in [5, 5.41) is 35.5. The van der Waals surface area contributed by atoms with Crippen LogP contribution in [0.15, 0.2) is 0 Å². The van der Waals surface area contributed by atoms with Crippen LogP contribution >= 0.6 is 7.82 Å². The maximum atomic E-state index is 11.0. The molecule has 3 atom stereocenters. The van der Waals surface area contributed by atoms with Crippen molar-refractivity contribution in [1.82, 2.24) is 0 Å². The van der Waals surface area contributed by atoms with E-state index in [2.05, 4.69) is 4.52 Å². The Balaban J connectivity index is 4.31. The smallest absolute Gasteiger partial charge is 0.189 e. The summed E-state index contributed by atoms with van der Waals surface area (Å²) in [5.74, 6) is -1.30. The van der Waals surface area contributed by atoms with Gasteiger partial charge in [0.05, 0.1) is 26.4 Å². The third-order valence-corrected chi connectivity index (χ3v) is 2.16. The van der Waals surface area contributed by atoms with Crippen LogP contribution in [0.4, 0.5) is 0 Å². The van der Waals surface area contributed by atoms with Crippen molar-refractivity contribution in [3.63, 3.8) is 0 Å². The van der Waals surface area contributed by atoms with E-state index in [1.54, 1.807) is 0 Å². The van der Waals surface area contributed by atoms with Crippen LogP contribution in [0, 0.1) is 11.3 Å². The molecule has 2 unspecified atom stereocenters. The Bertz CT molecular complexity index is 346. The summed E-state index contributed by atoms with van der Waals surface area (Å²) >= 11 is 0. The second-order valence-corrected chi connectivity index (χ2v) is 4.20. The van der Waals surface area contributed by atoms with Gasteiger partial charge in [-0.1, -0.05) is 0 Å². The van der Waals surface area contributed by atoms with E-state index in [1.165, 1.54) is 6.07 Å². The fourth-order valence-corrected chi connectivity index (χ4v) is 1.13. The Kier molecular flexibility index (Phi) is 6.44. The first kappa shape index (κ1) is 16.1. The van der Waals surface area contributed by atoms with E-state index in [4.69, 9.17) is 20.6 Å². The summed E-state index contributed by atoms with van der Waals surface area (Å²) in [4.78, 5) is 31.1. The first-order valence-corrected chi connectivity index (χ1v) is 5.75. The van der Waals surface area contributed by atoms with Crippen LogP contribution in [0.2, 0.25) is 0 Å². The summed E-state index contributed by atoms with van der Waals surface area (Å²) in [6, 6.07) is 1.49. The van der Waals surface area contributed by atoms with Crippen LogP contribution in [0.3, 0.4) is 0 Å². The summed E-state index contributed by atoms with van der Waals surface area (Å²) in [7, 11) is -5.35. The SMILES string of the molecule is N#CC[C@@H](O)C(O)C(O)C(=O)COP(=O)([O-])[O-]. The van der Waals surface area contributed by atoms with Gasteiger partial charge < -0.3 is 34.2 Å². The Hall–Kier alpha value is -0.850. The predicted molar refractivity (Wildman–Crippen MR) is 46.8 cm³/mol. The number of nitrogens with zero attached hydrogens (tertiary/aromatic N) is 1. The number of carbonyl (C=O) groups is 1. The molecule has 0 aliphatic heterocycles. The highest BCUT2D eigenvalue weighted by atomic mass is 31.2. The highest BCUT2D eigenvalue weighted by molar-refractivity contribution is 7.43. The summed E-state index contributed by atoms with van der Waals surface area (Å²) in [5.41, 5.74) is 0. The number of nitriles is 1. The number of hydrogen-bond donors (Lipinski definition) is 3. The van der Waals surface area contributed by atoms with E-state index < -0.39 is 44.9 Å². The monoisotopic (exact) mass is 267 g/mol. The molecule has 9 nitrogen and oxygen atoms in total. The Labute approximate surface area is 96.1 Å². The van der Waals surface area contributed by atoms with Crippen LogP contribution in [-0.4, -0.2) is 46.0 Å². The minimum atomic E-state index is -5.35. The van der Waals surface area contributed by atoms with E-state index in [1.807, 2.05) is 0 Å².